The van der Waals surface area contributed by atoms with E-state index in [4.69, 9.17) is 25.8 Å². The highest BCUT2D eigenvalue weighted by Gasteiger charge is 2.46. The number of aliphatic hydroxyl groups is 1. The fourth-order valence-electron chi connectivity index (χ4n) is 4.41. The summed E-state index contributed by atoms with van der Waals surface area (Å²) in [6.45, 7) is 0.176. The van der Waals surface area contributed by atoms with E-state index in [0.717, 1.165) is 5.56 Å². The third-order valence-corrected chi connectivity index (χ3v) is 6.49. The Morgan fingerprint density at radius 2 is 1.54 bits per heavy atom. The third-order valence-electron chi connectivity index (χ3n) is 6.25. The first kappa shape index (κ1) is 25.9. The number of likely N-dealkylation sites (tertiary alicyclic amines) is 1. The number of aromatic hydroxyl groups is 1. The van der Waals surface area contributed by atoms with Crippen molar-refractivity contribution in [2.75, 3.05) is 27.9 Å². The maximum atomic E-state index is 13.3. The van der Waals surface area contributed by atoms with Crippen molar-refractivity contribution in [3.63, 3.8) is 0 Å². The van der Waals surface area contributed by atoms with Crippen LogP contribution in [-0.2, 0) is 16.0 Å². The van der Waals surface area contributed by atoms with Crippen LogP contribution in [0.4, 0.5) is 0 Å². The summed E-state index contributed by atoms with van der Waals surface area (Å²) in [6.07, 6.45) is 0.405. The van der Waals surface area contributed by atoms with Gasteiger partial charge < -0.3 is 29.3 Å². The average Bonchev–Trinajstić information content (AvgIpc) is 3.16. The van der Waals surface area contributed by atoms with Gasteiger partial charge >= 0.3 is 0 Å². The predicted molar refractivity (Wildman–Crippen MR) is 138 cm³/mol. The molecule has 1 saturated heterocycles. The molecule has 0 aliphatic carbocycles. The zero-order valence-corrected chi connectivity index (χ0v) is 21.3. The van der Waals surface area contributed by atoms with E-state index >= 15 is 0 Å². The van der Waals surface area contributed by atoms with E-state index < -0.39 is 23.5 Å². The number of methoxy groups -OCH3 is 3. The molecule has 0 aromatic heterocycles. The Hall–Kier alpha value is -4.17. The molecule has 0 saturated carbocycles. The van der Waals surface area contributed by atoms with Gasteiger partial charge in [0.05, 0.1) is 38.5 Å². The number of amides is 1. The molecule has 0 spiro atoms. The van der Waals surface area contributed by atoms with Crippen molar-refractivity contribution in [3.05, 3.63) is 87.9 Å². The first-order valence-corrected chi connectivity index (χ1v) is 11.8. The average molecular weight is 524 g/mol. The third kappa shape index (κ3) is 5.06. The Bertz CT molecular complexity index is 1370. The summed E-state index contributed by atoms with van der Waals surface area (Å²) >= 11 is 6.15. The molecule has 4 rings (SSSR count). The molecule has 9 heteroatoms. The number of rotatable bonds is 8. The lowest BCUT2D eigenvalue weighted by Crippen LogP contribution is -2.31. The van der Waals surface area contributed by atoms with Gasteiger partial charge in [-0.25, -0.2) is 0 Å². The van der Waals surface area contributed by atoms with E-state index in [0.29, 0.717) is 34.3 Å². The van der Waals surface area contributed by atoms with Crippen LogP contribution in [0.15, 0.2) is 66.2 Å². The normalized spacial score (nSPS) is 16.6. The lowest BCUT2D eigenvalue weighted by molar-refractivity contribution is -0.139. The first-order valence-electron chi connectivity index (χ1n) is 11.4. The number of Topliss-reactive ketones (excluding diaryl/α,β-unsaturated/α-hetero) is 1. The van der Waals surface area contributed by atoms with E-state index in [2.05, 4.69) is 0 Å². The van der Waals surface area contributed by atoms with Crippen LogP contribution in [0.25, 0.3) is 5.76 Å². The van der Waals surface area contributed by atoms with Crippen molar-refractivity contribution in [2.45, 2.75) is 12.5 Å². The van der Waals surface area contributed by atoms with Crippen LogP contribution < -0.4 is 14.2 Å². The fourth-order valence-corrected chi connectivity index (χ4v) is 4.58. The first-order chi connectivity index (χ1) is 17.8. The molecule has 1 aliphatic rings. The van der Waals surface area contributed by atoms with Crippen LogP contribution in [-0.4, -0.2) is 54.7 Å². The predicted octanol–water partition coefficient (Wildman–Crippen LogP) is 4.74. The summed E-state index contributed by atoms with van der Waals surface area (Å²) in [4.78, 5) is 28.0. The number of carbonyl (C=O) groups is 2. The number of nitrogens with zero attached hydrogens (tertiary/aromatic N) is 1. The monoisotopic (exact) mass is 523 g/mol. The molecule has 37 heavy (non-hydrogen) atoms. The van der Waals surface area contributed by atoms with Crippen molar-refractivity contribution in [3.8, 4) is 23.0 Å². The largest absolute Gasteiger partial charge is 0.508 e. The lowest BCUT2D eigenvalue weighted by atomic mass is 9.94. The van der Waals surface area contributed by atoms with Gasteiger partial charge in [-0.3, -0.25) is 9.59 Å². The summed E-state index contributed by atoms with van der Waals surface area (Å²) < 4.78 is 16.0. The number of carbonyl (C=O) groups excluding carboxylic acids is 2. The molecule has 3 aromatic carbocycles. The number of hydrogen-bond acceptors (Lipinski definition) is 7. The van der Waals surface area contributed by atoms with Crippen molar-refractivity contribution >= 4 is 29.1 Å². The summed E-state index contributed by atoms with van der Waals surface area (Å²) in [7, 11) is 4.51. The summed E-state index contributed by atoms with van der Waals surface area (Å²) in [5.41, 5.74) is 1.51. The van der Waals surface area contributed by atoms with E-state index in [1.807, 2.05) is 12.1 Å². The summed E-state index contributed by atoms with van der Waals surface area (Å²) in [5.74, 6) is -0.530. The molecule has 8 nitrogen and oxygen atoms in total. The quantitative estimate of drug-likeness (QED) is 0.250. The minimum atomic E-state index is -0.899. The van der Waals surface area contributed by atoms with E-state index in [1.165, 1.54) is 37.3 Å². The molecule has 1 aliphatic heterocycles. The minimum Gasteiger partial charge on any atom is -0.508 e. The van der Waals surface area contributed by atoms with Crippen molar-refractivity contribution in [1.29, 1.82) is 0 Å². The minimum absolute atomic E-state index is 0.0301. The second kappa shape index (κ2) is 10.8. The Morgan fingerprint density at radius 1 is 0.892 bits per heavy atom. The molecule has 0 radical (unpaired) electrons. The maximum absolute atomic E-state index is 13.3. The van der Waals surface area contributed by atoms with Gasteiger partial charge in [-0.15, -0.1) is 0 Å². The smallest absolute Gasteiger partial charge is 0.295 e. The number of phenols is 1. The Balaban J connectivity index is 1.78. The standard InChI is InChI=1S/C28H26ClNO7/c1-35-21-11-7-18(29)15-20(21)26(32)24-25(17-5-8-19(31)9-6-17)30(28(34)27(24)33)13-12-16-4-10-22(36-2)23(14-16)37-3/h4-11,14-15,25,31-32H,12-13H2,1-3H3/b26-24+. The fraction of sp³-hybridized carbons (Fsp3) is 0.214. The molecular weight excluding hydrogens is 498 g/mol. The Kier molecular flexibility index (Phi) is 7.59. The van der Waals surface area contributed by atoms with Gasteiger partial charge in [-0.1, -0.05) is 29.8 Å². The van der Waals surface area contributed by atoms with E-state index in [9.17, 15) is 19.8 Å². The molecule has 1 amide bonds. The maximum Gasteiger partial charge on any atom is 0.295 e. The number of ketones is 1. The summed E-state index contributed by atoms with van der Waals surface area (Å²) in [6, 6.07) is 15.3. The van der Waals surface area contributed by atoms with Crippen LogP contribution in [0, 0.1) is 0 Å². The molecular formula is C28H26ClNO7. The topological polar surface area (TPSA) is 106 Å². The van der Waals surface area contributed by atoms with Crippen LogP contribution in [0.3, 0.4) is 0 Å². The molecule has 3 aromatic rings. The SMILES string of the molecule is COc1ccc(CCN2C(=O)C(=O)/C(=C(/O)c3cc(Cl)ccc3OC)C2c2ccc(O)cc2)cc1OC. The Morgan fingerprint density at radius 3 is 2.19 bits per heavy atom. The number of halogens is 1. The van der Waals surface area contributed by atoms with Gasteiger partial charge in [0.1, 0.15) is 17.3 Å². The molecule has 0 bridgehead atoms. The zero-order valence-electron chi connectivity index (χ0n) is 20.5. The molecule has 2 N–H and O–H groups in total. The summed E-state index contributed by atoms with van der Waals surface area (Å²) in [5, 5.41) is 21.5. The molecule has 1 heterocycles. The van der Waals surface area contributed by atoms with Gasteiger partial charge in [-0.05, 0) is 60.0 Å². The second-order valence-electron chi connectivity index (χ2n) is 8.37. The highest BCUT2D eigenvalue weighted by molar-refractivity contribution is 6.46. The number of aliphatic hydroxyl groups excluding tert-OH is 1. The van der Waals surface area contributed by atoms with Gasteiger partial charge in [0.2, 0.25) is 0 Å². The number of hydrogen-bond donors (Lipinski definition) is 2. The highest BCUT2D eigenvalue weighted by Crippen LogP contribution is 2.42. The van der Waals surface area contributed by atoms with Crippen molar-refractivity contribution in [2.24, 2.45) is 0 Å². The molecule has 192 valence electrons. The number of benzene rings is 3. The lowest BCUT2D eigenvalue weighted by Gasteiger charge is -2.25. The number of ether oxygens (including phenoxy) is 3. The van der Waals surface area contributed by atoms with E-state index in [1.54, 1.807) is 37.4 Å². The van der Waals surface area contributed by atoms with Crippen LogP contribution in [0.1, 0.15) is 22.7 Å². The second-order valence-corrected chi connectivity index (χ2v) is 8.80. The van der Waals surface area contributed by atoms with Crippen molar-refractivity contribution in [1.82, 2.24) is 4.90 Å². The number of phenolic OH excluding ortho intramolecular Hbond substituents is 1. The van der Waals surface area contributed by atoms with Crippen molar-refractivity contribution < 1.29 is 34.0 Å². The highest BCUT2D eigenvalue weighted by atomic mass is 35.5. The van der Waals surface area contributed by atoms with E-state index in [-0.39, 0.29) is 23.4 Å². The van der Waals surface area contributed by atoms with Crippen LogP contribution in [0.5, 0.6) is 23.0 Å². The molecule has 1 atom stereocenters. The van der Waals surface area contributed by atoms with Crippen LogP contribution in [0.2, 0.25) is 5.02 Å². The Labute approximate surface area is 219 Å². The van der Waals surface area contributed by atoms with Gasteiger partial charge in [0.15, 0.2) is 11.5 Å². The van der Waals surface area contributed by atoms with Crippen LogP contribution >= 0.6 is 11.6 Å². The van der Waals surface area contributed by atoms with Gasteiger partial charge in [0, 0.05) is 11.6 Å². The van der Waals surface area contributed by atoms with Gasteiger partial charge in [0.25, 0.3) is 11.7 Å². The molecule has 1 unspecified atom stereocenters. The zero-order chi connectivity index (χ0) is 26.7. The van der Waals surface area contributed by atoms with Gasteiger partial charge in [-0.2, -0.15) is 0 Å². The molecule has 1 fully saturated rings.